The Bertz CT molecular complexity index is 206. The molecule has 1 fully saturated rings. The van der Waals surface area contributed by atoms with Crippen molar-refractivity contribution in [2.45, 2.75) is 70.4 Å². The Morgan fingerprint density at radius 1 is 1.33 bits per heavy atom. The Kier molecular flexibility index (Phi) is 4.58. The van der Waals surface area contributed by atoms with E-state index in [4.69, 9.17) is 0 Å². The molecule has 0 radical (unpaired) electrons. The third kappa shape index (κ3) is 3.82. The summed E-state index contributed by atoms with van der Waals surface area (Å²) < 4.78 is 0. The molecule has 0 aromatic heterocycles. The van der Waals surface area contributed by atoms with Crippen LogP contribution in [0.2, 0.25) is 0 Å². The maximum absolute atomic E-state index is 11.7. The summed E-state index contributed by atoms with van der Waals surface area (Å²) in [5.74, 6) is 0.00750. The van der Waals surface area contributed by atoms with Crippen LogP contribution in [0.15, 0.2) is 0 Å². The van der Waals surface area contributed by atoms with Crippen LogP contribution in [-0.4, -0.2) is 22.7 Å². The smallest absolute Gasteiger partial charge is 0.223 e. The van der Waals surface area contributed by atoms with Gasteiger partial charge in [0.25, 0.3) is 0 Å². The van der Waals surface area contributed by atoms with Gasteiger partial charge in [0.05, 0.1) is 12.0 Å². The monoisotopic (exact) mass is 213 g/mol. The zero-order chi connectivity index (χ0) is 11.3. The fourth-order valence-corrected chi connectivity index (χ4v) is 2.28. The van der Waals surface area contributed by atoms with Crippen LogP contribution < -0.4 is 5.32 Å². The average molecular weight is 213 g/mol. The predicted octanol–water partition coefficient (Wildman–Crippen LogP) is 1.99. The number of hydrogen-bond donors (Lipinski definition) is 2. The maximum atomic E-state index is 11.7. The molecule has 0 bridgehead atoms. The van der Waals surface area contributed by atoms with E-state index in [0.717, 1.165) is 38.5 Å². The molecule has 0 aliphatic heterocycles. The van der Waals surface area contributed by atoms with E-state index >= 15 is 0 Å². The van der Waals surface area contributed by atoms with Crippen molar-refractivity contribution in [2.24, 2.45) is 0 Å². The highest BCUT2D eigenvalue weighted by Crippen LogP contribution is 2.32. The van der Waals surface area contributed by atoms with Gasteiger partial charge in [-0.25, -0.2) is 0 Å². The predicted molar refractivity (Wildman–Crippen MR) is 60.5 cm³/mol. The van der Waals surface area contributed by atoms with E-state index in [0.29, 0.717) is 0 Å². The Balaban J connectivity index is 2.34. The number of hydrogen-bond acceptors (Lipinski definition) is 2. The van der Waals surface area contributed by atoms with Crippen LogP contribution in [0.5, 0.6) is 0 Å². The Labute approximate surface area is 92.3 Å². The van der Waals surface area contributed by atoms with Crippen molar-refractivity contribution in [1.29, 1.82) is 0 Å². The number of aliphatic hydroxyl groups is 1. The summed E-state index contributed by atoms with van der Waals surface area (Å²) in [6.07, 6.45) is 5.86. The van der Waals surface area contributed by atoms with Gasteiger partial charge in [0.15, 0.2) is 0 Å². The molecular formula is C12H23NO2. The molecule has 88 valence electrons. The molecule has 3 nitrogen and oxygen atoms in total. The third-order valence-corrected chi connectivity index (χ3v) is 3.37. The number of carbonyl (C=O) groups excluding carboxylic acids is 1. The second kappa shape index (κ2) is 5.50. The van der Waals surface area contributed by atoms with E-state index in [9.17, 15) is 9.90 Å². The highest BCUT2D eigenvalue weighted by molar-refractivity contribution is 5.77. The number of nitrogens with one attached hydrogen (secondary N) is 1. The largest absolute Gasteiger partial charge is 0.389 e. The average Bonchev–Trinajstić information content (AvgIpc) is 2.61. The first-order valence-corrected chi connectivity index (χ1v) is 6.11. The van der Waals surface area contributed by atoms with Gasteiger partial charge >= 0.3 is 0 Å². The molecule has 0 saturated heterocycles. The SMILES string of the molecule is CCC(CC)NC(=O)CC1(O)CCCC1. The number of rotatable bonds is 5. The summed E-state index contributed by atoms with van der Waals surface area (Å²) in [7, 11) is 0. The van der Waals surface area contributed by atoms with Crippen molar-refractivity contribution in [3.8, 4) is 0 Å². The Hall–Kier alpha value is -0.570. The Morgan fingerprint density at radius 3 is 2.33 bits per heavy atom. The lowest BCUT2D eigenvalue weighted by Gasteiger charge is -2.23. The maximum Gasteiger partial charge on any atom is 0.223 e. The first-order chi connectivity index (χ1) is 7.09. The van der Waals surface area contributed by atoms with Gasteiger partial charge in [-0.05, 0) is 25.7 Å². The molecule has 15 heavy (non-hydrogen) atoms. The molecule has 1 rings (SSSR count). The van der Waals surface area contributed by atoms with Gasteiger partial charge in [0.2, 0.25) is 5.91 Å². The minimum Gasteiger partial charge on any atom is -0.389 e. The normalized spacial score (nSPS) is 19.5. The molecule has 1 saturated carbocycles. The summed E-state index contributed by atoms with van der Waals surface area (Å²) in [5.41, 5.74) is -0.712. The summed E-state index contributed by atoms with van der Waals surface area (Å²) in [6.45, 7) is 4.14. The standard InChI is InChI=1S/C12H23NO2/c1-3-10(4-2)13-11(14)9-12(15)7-5-6-8-12/h10,15H,3-9H2,1-2H3,(H,13,14). The molecule has 1 aliphatic rings. The summed E-state index contributed by atoms with van der Waals surface area (Å²) in [4.78, 5) is 11.7. The van der Waals surface area contributed by atoms with Crippen molar-refractivity contribution in [3.63, 3.8) is 0 Å². The molecule has 1 aliphatic carbocycles. The molecule has 0 atom stereocenters. The quantitative estimate of drug-likeness (QED) is 0.733. The van der Waals surface area contributed by atoms with Crippen molar-refractivity contribution < 1.29 is 9.90 Å². The molecule has 1 amide bonds. The lowest BCUT2D eigenvalue weighted by molar-refractivity contribution is -0.126. The highest BCUT2D eigenvalue weighted by atomic mass is 16.3. The fourth-order valence-electron chi connectivity index (χ4n) is 2.28. The second-order valence-electron chi connectivity index (χ2n) is 4.69. The van der Waals surface area contributed by atoms with E-state index in [1.807, 2.05) is 0 Å². The van der Waals surface area contributed by atoms with Gasteiger partial charge in [-0.15, -0.1) is 0 Å². The van der Waals surface area contributed by atoms with Crippen molar-refractivity contribution in [1.82, 2.24) is 5.32 Å². The zero-order valence-corrected chi connectivity index (χ0v) is 9.88. The minimum absolute atomic E-state index is 0.00750. The van der Waals surface area contributed by atoms with Crippen molar-refractivity contribution in [2.75, 3.05) is 0 Å². The minimum atomic E-state index is -0.712. The van der Waals surface area contributed by atoms with E-state index in [1.165, 1.54) is 0 Å². The fraction of sp³-hybridized carbons (Fsp3) is 0.917. The third-order valence-electron chi connectivity index (χ3n) is 3.37. The van der Waals surface area contributed by atoms with Crippen LogP contribution in [0.4, 0.5) is 0 Å². The van der Waals surface area contributed by atoms with Gasteiger partial charge < -0.3 is 10.4 Å². The van der Waals surface area contributed by atoms with Crippen LogP contribution >= 0.6 is 0 Å². The zero-order valence-electron chi connectivity index (χ0n) is 9.88. The second-order valence-corrected chi connectivity index (χ2v) is 4.69. The summed E-state index contributed by atoms with van der Waals surface area (Å²) in [6, 6.07) is 0.266. The Morgan fingerprint density at radius 2 is 1.87 bits per heavy atom. The molecule has 0 spiro atoms. The first-order valence-electron chi connectivity index (χ1n) is 6.11. The van der Waals surface area contributed by atoms with Crippen molar-refractivity contribution in [3.05, 3.63) is 0 Å². The number of carbonyl (C=O) groups is 1. The van der Waals surface area contributed by atoms with Crippen LogP contribution in [-0.2, 0) is 4.79 Å². The summed E-state index contributed by atoms with van der Waals surface area (Å²) in [5, 5.41) is 13.0. The first kappa shape index (κ1) is 12.5. The lowest BCUT2D eigenvalue weighted by atomic mass is 9.97. The summed E-state index contributed by atoms with van der Waals surface area (Å²) >= 11 is 0. The van der Waals surface area contributed by atoms with Crippen LogP contribution in [0.1, 0.15) is 58.8 Å². The molecule has 2 N–H and O–H groups in total. The van der Waals surface area contributed by atoms with Gasteiger partial charge in [-0.1, -0.05) is 26.7 Å². The van der Waals surface area contributed by atoms with Gasteiger partial charge in [0, 0.05) is 6.04 Å². The topological polar surface area (TPSA) is 49.3 Å². The van der Waals surface area contributed by atoms with E-state index < -0.39 is 5.60 Å². The van der Waals surface area contributed by atoms with E-state index in [2.05, 4.69) is 19.2 Å². The van der Waals surface area contributed by atoms with Gasteiger partial charge in [0.1, 0.15) is 0 Å². The van der Waals surface area contributed by atoms with Crippen LogP contribution in [0.3, 0.4) is 0 Å². The van der Waals surface area contributed by atoms with Gasteiger partial charge in [-0.2, -0.15) is 0 Å². The van der Waals surface area contributed by atoms with E-state index in [-0.39, 0.29) is 18.4 Å². The van der Waals surface area contributed by atoms with Crippen molar-refractivity contribution >= 4 is 5.91 Å². The molecule has 0 unspecified atom stereocenters. The number of amides is 1. The van der Waals surface area contributed by atoms with E-state index in [1.54, 1.807) is 0 Å². The molecule has 0 aromatic rings. The molecular weight excluding hydrogens is 190 g/mol. The molecule has 0 heterocycles. The van der Waals surface area contributed by atoms with Crippen LogP contribution in [0.25, 0.3) is 0 Å². The van der Waals surface area contributed by atoms with Crippen LogP contribution in [0, 0.1) is 0 Å². The molecule has 3 heteroatoms. The lowest BCUT2D eigenvalue weighted by Crippen LogP contribution is -2.39. The van der Waals surface area contributed by atoms with Gasteiger partial charge in [-0.3, -0.25) is 4.79 Å². The highest BCUT2D eigenvalue weighted by Gasteiger charge is 2.33. The molecule has 0 aromatic carbocycles.